The first kappa shape index (κ1) is 30.0. The van der Waals surface area contributed by atoms with E-state index in [0.29, 0.717) is 33.7 Å². The molecule has 1 aromatic heterocycles. The first-order valence-electron chi connectivity index (χ1n) is 13.4. The van der Waals surface area contributed by atoms with Gasteiger partial charge in [0.1, 0.15) is 0 Å². The van der Waals surface area contributed by atoms with Crippen molar-refractivity contribution in [2.24, 2.45) is 5.10 Å². The van der Waals surface area contributed by atoms with Crippen molar-refractivity contribution in [3.63, 3.8) is 0 Å². The highest BCUT2D eigenvalue weighted by molar-refractivity contribution is 9.10. The van der Waals surface area contributed by atoms with Crippen molar-refractivity contribution in [2.75, 3.05) is 25.7 Å². The molecule has 2 aliphatic heterocycles. The van der Waals surface area contributed by atoms with E-state index in [0.717, 1.165) is 43.7 Å². The van der Waals surface area contributed by atoms with Gasteiger partial charge in [-0.25, -0.2) is 9.99 Å². The Morgan fingerprint density at radius 1 is 1.00 bits per heavy atom. The summed E-state index contributed by atoms with van der Waals surface area (Å²) in [5.41, 5.74) is 4.02. The minimum Gasteiger partial charge on any atom is -0.493 e. The first-order chi connectivity index (χ1) is 20.9. The Kier molecular flexibility index (Phi) is 8.99. The monoisotopic (exact) mass is 740 g/mol. The zero-order chi connectivity index (χ0) is 30.1. The molecule has 0 saturated carbocycles. The largest absolute Gasteiger partial charge is 0.493 e. The molecule has 4 aromatic rings. The van der Waals surface area contributed by atoms with Crippen LogP contribution >= 0.6 is 55.4 Å². The van der Waals surface area contributed by atoms with Gasteiger partial charge in [0.2, 0.25) is 0 Å². The van der Waals surface area contributed by atoms with Crippen LogP contribution in [0, 0.1) is 0 Å². The summed E-state index contributed by atoms with van der Waals surface area (Å²) in [6, 6.07) is 20.7. The second-order valence-corrected chi connectivity index (χ2v) is 13.7. The highest BCUT2D eigenvalue weighted by atomic mass is 79.9. The minimum absolute atomic E-state index is 0.0514. The summed E-state index contributed by atoms with van der Waals surface area (Å²) in [6.45, 7) is 0. The number of hydrazone groups is 1. The summed E-state index contributed by atoms with van der Waals surface area (Å²) in [5, 5.41) is 6.86. The van der Waals surface area contributed by atoms with E-state index in [2.05, 4.69) is 31.9 Å². The number of aryl methyl sites for hydroxylation is 1. The Morgan fingerprint density at radius 3 is 2.40 bits per heavy atom. The van der Waals surface area contributed by atoms with Gasteiger partial charge in [0, 0.05) is 27.5 Å². The average molecular weight is 743 g/mol. The Hall–Kier alpha value is -3.06. The van der Waals surface area contributed by atoms with Crippen molar-refractivity contribution in [3.8, 4) is 17.2 Å². The van der Waals surface area contributed by atoms with Gasteiger partial charge in [-0.15, -0.1) is 11.8 Å². The standard InChI is InChI=1S/C31H26Br2N4O4S2/c1-40-26-12-5-19(15-27(26)41-2)25-16-24(18-3-6-20(32)7-4-18)35-37(25)28(38)17-43-31-34-23-13-14-42-29(23)30(39)36(31)22-10-8-21(33)9-11-22/h3-12,15,25H,13-14,16-17H2,1-2H3. The van der Waals surface area contributed by atoms with Crippen molar-refractivity contribution in [2.45, 2.75) is 28.9 Å². The molecule has 0 aliphatic carbocycles. The number of methoxy groups -OCH3 is 2. The number of thioether (sulfide) groups is 2. The topological polar surface area (TPSA) is 86.0 Å². The van der Waals surface area contributed by atoms with Crippen LogP contribution in [0.3, 0.4) is 0 Å². The number of carbonyl (C=O) groups excluding carboxylic acids is 1. The van der Waals surface area contributed by atoms with Crippen LogP contribution in [0.2, 0.25) is 0 Å². The lowest BCUT2D eigenvalue weighted by Crippen LogP contribution is -2.29. The van der Waals surface area contributed by atoms with Gasteiger partial charge in [-0.05, 0) is 59.7 Å². The number of hydrogen-bond donors (Lipinski definition) is 0. The zero-order valence-corrected chi connectivity index (χ0v) is 28.1. The van der Waals surface area contributed by atoms with E-state index in [1.165, 1.54) is 23.5 Å². The molecule has 0 fully saturated rings. The molecule has 1 atom stereocenters. The van der Waals surface area contributed by atoms with Crippen molar-refractivity contribution in [1.29, 1.82) is 0 Å². The number of benzene rings is 3. The van der Waals surface area contributed by atoms with Crippen molar-refractivity contribution in [1.82, 2.24) is 14.6 Å². The second-order valence-electron chi connectivity index (χ2n) is 9.80. The number of carbonyl (C=O) groups is 1. The van der Waals surface area contributed by atoms with E-state index in [4.69, 9.17) is 19.6 Å². The number of hydrogen-bond acceptors (Lipinski definition) is 8. The van der Waals surface area contributed by atoms with E-state index in [9.17, 15) is 9.59 Å². The third-order valence-corrected chi connectivity index (χ3v) is 10.3. The normalized spacial score (nSPS) is 15.8. The Bertz CT molecular complexity index is 1780. The predicted octanol–water partition coefficient (Wildman–Crippen LogP) is 6.89. The smallest absolute Gasteiger partial charge is 0.272 e. The van der Waals surface area contributed by atoms with Crippen LogP contribution < -0.4 is 15.0 Å². The highest BCUT2D eigenvalue weighted by Crippen LogP contribution is 2.38. The van der Waals surface area contributed by atoms with Crippen LogP contribution in [-0.4, -0.2) is 51.9 Å². The molecule has 0 saturated heterocycles. The van der Waals surface area contributed by atoms with Crippen molar-refractivity contribution in [3.05, 3.63) is 103 Å². The predicted molar refractivity (Wildman–Crippen MR) is 177 cm³/mol. The molecule has 6 rings (SSSR count). The maximum atomic E-state index is 13.9. The first-order valence-corrected chi connectivity index (χ1v) is 17.0. The van der Waals surface area contributed by atoms with Gasteiger partial charge in [0.05, 0.1) is 48.0 Å². The quantitative estimate of drug-likeness (QED) is 0.144. The maximum Gasteiger partial charge on any atom is 0.272 e. The lowest BCUT2D eigenvalue weighted by atomic mass is 9.98. The number of halogens is 2. The van der Waals surface area contributed by atoms with E-state index < -0.39 is 0 Å². The van der Waals surface area contributed by atoms with Crippen LogP contribution in [0.4, 0.5) is 0 Å². The molecular formula is C31H26Br2N4O4S2. The highest BCUT2D eigenvalue weighted by Gasteiger charge is 2.34. The average Bonchev–Trinajstić information content (AvgIpc) is 3.69. The number of ether oxygens (including phenoxy) is 2. The fourth-order valence-electron chi connectivity index (χ4n) is 5.08. The van der Waals surface area contributed by atoms with Gasteiger partial charge >= 0.3 is 0 Å². The van der Waals surface area contributed by atoms with E-state index >= 15 is 0 Å². The third-order valence-electron chi connectivity index (χ3n) is 7.21. The summed E-state index contributed by atoms with van der Waals surface area (Å²) in [5.74, 6) is 1.87. The number of amides is 1. The molecular weight excluding hydrogens is 716 g/mol. The number of fused-ring (bicyclic) bond motifs is 1. The van der Waals surface area contributed by atoms with Crippen molar-refractivity contribution >= 4 is 67.0 Å². The fourth-order valence-corrected chi connectivity index (χ4v) is 7.51. The van der Waals surface area contributed by atoms with Gasteiger partial charge in [0.25, 0.3) is 11.5 Å². The molecule has 0 radical (unpaired) electrons. The van der Waals surface area contributed by atoms with Crippen molar-refractivity contribution < 1.29 is 14.3 Å². The van der Waals surface area contributed by atoms with Gasteiger partial charge in [-0.2, -0.15) is 5.10 Å². The Morgan fingerprint density at radius 2 is 1.70 bits per heavy atom. The van der Waals surface area contributed by atoms with Crippen LogP contribution in [-0.2, 0) is 11.2 Å². The van der Waals surface area contributed by atoms with E-state index in [-0.39, 0.29) is 23.3 Å². The minimum atomic E-state index is -0.343. The molecule has 0 bridgehead atoms. The lowest BCUT2D eigenvalue weighted by molar-refractivity contribution is -0.130. The molecule has 8 nitrogen and oxygen atoms in total. The lowest BCUT2D eigenvalue weighted by Gasteiger charge is -2.23. The Labute approximate surface area is 274 Å². The molecule has 1 unspecified atom stereocenters. The van der Waals surface area contributed by atoms with Gasteiger partial charge in [-0.3, -0.25) is 14.2 Å². The molecule has 3 heterocycles. The summed E-state index contributed by atoms with van der Waals surface area (Å²) in [4.78, 5) is 33.0. The van der Waals surface area contributed by atoms with E-state index in [1.54, 1.807) is 23.8 Å². The summed E-state index contributed by atoms with van der Waals surface area (Å²) < 4.78 is 14.5. The molecule has 3 aromatic carbocycles. The summed E-state index contributed by atoms with van der Waals surface area (Å²) in [6.07, 6.45) is 1.26. The van der Waals surface area contributed by atoms with Gasteiger partial charge < -0.3 is 9.47 Å². The Balaban J connectivity index is 1.33. The molecule has 43 heavy (non-hydrogen) atoms. The van der Waals surface area contributed by atoms with E-state index in [1.807, 2.05) is 66.7 Å². The van der Waals surface area contributed by atoms with Crippen LogP contribution in [0.25, 0.3) is 5.69 Å². The molecule has 2 aliphatic rings. The molecule has 12 heteroatoms. The van der Waals surface area contributed by atoms with Gasteiger partial charge in [0.15, 0.2) is 16.7 Å². The summed E-state index contributed by atoms with van der Waals surface area (Å²) >= 11 is 9.74. The van der Waals surface area contributed by atoms with Crippen LogP contribution in [0.1, 0.15) is 29.3 Å². The molecule has 1 amide bonds. The van der Waals surface area contributed by atoms with Crippen LogP contribution in [0.15, 0.2) is 95.6 Å². The third kappa shape index (κ3) is 6.15. The molecule has 220 valence electrons. The maximum absolute atomic E-state index is 13.9. The molecule has 0 spiro atoms. The fraction of sp³-hybridized carbons (Fsp3) is 0.226. The summed E-state index contributed by atoms with van der Waals surface area (Å²) in [7, 11) is 3.18. The second kappa shape index (κ2) is 12.9. The van der Waals surface area contributed by atoms with Gasteiger partial charge in [-0.1, -0.05) is 61.8 Å². The zero-order valence-electron chi connectivity index (χ0n) is 23.3. The van der Waals surface area contributed by atoms with Crippen LogP contribution in [0.5, 0.6) is 11.5 Å². The SMILES string of the molecule is COc1ccc(C2CC(c3ccc(Br)cc3)=NN2C(=O)CSc2nc3c(c(=O)n2-c2ccc(Br)cc2)SCC3)cc1OC. The number of nitrogens with zero attached hydrogens (tertiary/aromatic N) is 4. The number of aromatic nitrogens is 2. The molecule has 0 N–H and O–H groups in total. The number of rotatable bonds is 8.